The Kier molecular flexibility index (Phi) is 14.0. The molecule has 0 aliphatic carbocycles. The second kappa shape index (κ2) is 18.0. The Balaban J connectivity index is 1.57. The zero-order valence-electron chi connectivity index (χ0n) is 34.1. The monoisotopic (exact) mass is 740 g/mol. The van der Waals surface area contributed by atoms with Crippen LogP contribution in [0, 0.1) is 0 Å². The van der Waals surface area contributed by atoms with Crippen LogP contribution < -0.4 is 0 Å². The van der Waals surface area contributed by atoms with Crippen LogP contribution in [0.3, 0.4) is 0 Å². The molecule has 0 atom stereocenters. The molecule has 10 heteroatoms. The molecule has 0 aliphatic heterocycles. The molecule has 292 valence electrons. The number of hydrogen-bond acceptors (Lipinski definition) is 6. The Hall–Kier alpha value is -4.80. The van der Waals surface area contributed by atoms with Crippen molar-refractivity contribution in [3.63, 3.8) is 0 Å². The van der Waals surface area contributed by atoms with Gasteiger partial charge in [-0.1, -0.05) is 61.7 Å². The van der Waals surface area contributed by atoms with E-state index >= 15 is 0 Å². The van der Waals surface area contributed by atoms with E-state index in [2.05, 4.69) is 58.7 Å². The van der Waals surface area contributed by atoms with Crippen LogP contribution in [-0.4, -0.2) is 69.6 Å². The number of amides is 2. The molecule has 0 saturated carbocycles. The average Bonchev–Trinajstić information content (AvgIpc) is 3.56. The maximum Gasteiger partial charge on any atom is 0.410 e. The van der Waals surface area contributed by atoms with E-state index < -0.39 is 11.2 Å². The first-order valence-electron chi connectivity index (χ1n) is 18.6. The molecule has 4 rings (SSSR count). The molecule has 0 fully saturated rings. The lowest BCUT2D eigenvalue weighted by molar-refractivity contribution is 0.0225. The van der Waals surface area contributed by atoms with Gasteiger partial charge in [0.05, 0.1) is 35.5 Å². The van der Waals surface area contributed by atoms with Gasteiger partial charge in [-0.25, -0.2) is 9.59 Å². The number of fused-ring (bicyclic) bond motifs is 2. The number of nitrogens with zero attached hydrogens (tertiary/aromatic N) is 4. The third-order valence-corrected chi connectivity index (χ3v) is 8.78. The molecule has 0 spiro atoms. The van der Waals surface area contributed by atoms with Crippen LogP contribution in [-0.2, 0) is 45.5 Å². The van der Waals surface area contributed by atoms with E-state index in [9.17, 15) is 9.59 Å². The summed E-state index contributed by atoms with van der Waals surface area (Å²) in [6, 6.07) is 16.3. The molecule has 54 heavy (non-hydrogen) atoms. The number of ether oxygens (including phenoxy) is 4. The maximum absolute atomic E-state index is 13.6. The van der Waals surface area contributed by atoms with Crippen molar-refractivity contribution in [1.82, 2.24) is 18.9 Å². The number of hydrogen-bond donors (Lipinski definition) is 0. The van der Waals surface area contributed by atoms with Gasteiger partial charge < -0.3 is 37.9 Å². The van der Waals surface area contributed by atoms with Gasteiger partial charge in [-0.2, -0.15) is 0 Å². The number of benzene rings is 2. The first-order valence-corrected chi connectivity index (χ1v) is 18.6. The maximum atomic E-state index is 13.6. The lowest BCUT2D eigenvalue weighted by Crippen LogP contribution is -2.37. The molecule has 0 aliphatic rings. The van der Waals surface area contributed by atoms with Crippen molar-refractivity contribution in [2.45, 2.75) is 106 Å². The molecular weight excluding hydrogens is 681 g/mol. The summed E-state index contributed by atoms with van der Waals surface area (Å²) >= 11 is 0. The fourth-order valence-corrected chi connectivity index (χ4v) is 6.77. The standard InChI is InChI=1S/C44H60N4O6/c1-31(2)39-35(33-21-15-17-23-37(33)47(39)29-51-11)27-45(41(49)53-43(5,6)7)25-19-13-14-20-26-46(42(50)54-44(8,9)10)28-36-34-22-16-18-24-38(34)48(30-52-12)40(36)32(3)4/h13-18,21-24H,1,3,19-20,25-30H2,2,4-12H3/b14-13-. The van der Waals surface area contributed by atoms with Crippen LogP contribution in [0.25, 0.3) is 33.0 Å². The van der Waals surface area contributed by atoms with E-state index in [0.717, 1.165) is 55.5 Å². The minimum Gasteiger partial charge on any atom is -0.444 e. The van der Waals surface area contributed by atoms with E-state index in [1.807, 2.05) is 79.7 Å². The quantitative estimate of drug-likeness (QED) is 0.106. The molecule has 0 bridgehead atoms. The summed E-state index contributed by atoms with van der Waals surface area (Å²) in [7, 11) is 3.34. The minimum absolute atomic E-state index is 0.344. The average molecular weight is 741 g/mol. The highest BCUT2D eigenvalue weighted by Crippen LogP contribution is 2.34. The highest BCUT2D eigenvalue weighted by atomic mass is 16.6. The van der Waals surface area contributed by atoms with E-state index in [1.165, 1.54) is 0 Å². The van der Waals surface area contributed by atoms with E-state index in [4.69, 9.17) is 18.9 Å². The number of aromatic nitrogens is 2. The van der Waals surface area contributed by atoms with Gasteiger partial charge in [-0.15, -0.1) is 0 Å². The lowest BCUT2D eigenvalue weighted by Gasteiger charge is -2.28. The van der Waals surface area contributed by atoms with Crippen LogP contribution in [0.15, 0.2) is 73.8 Å². The number of carbonyl (C=O) groups excluding carboxylic acids is 2. The minimum atomic E-state index is -0.655. The normalized spacial score (nSPS) is 12.1. The topological polar surface area (TPSA) is 87.4 Å². The van der Waals surface area contributed by atoms with Crippen molar-refractivity contribution in [3.8, 4) is 0 Å². The summed E-state index contributed by atoms with van der Waals surface area (Å²) in [5.41, 5.74) is 6.39. The zero-order valence-corrected chi connectivity index (χ0v) is 34.1. The summed E-state index contributed by atoms with van der Waals surface area (Å²) < 4.78 is 27.1. The van der Waals surface area contributed by atoms with E-state index in [1.54, 1.807) is 24.0 Å². The Morgan fingerprint density at radius 1 is 0.648 bits per heavy atom. The number of carbonyl (C=O) groups is 2. The summed E-state index contributed by atoms with van der Waals surface area (Å²) in [6.07, 6.45) is 4.53. The van der Waals surface area contributed by atoms with E-state index in [0.29, 0.717) is 52.5 Å². The summed E-state index contributed by atoms with van der Waals surface area (Å²) in [6.45, 7) is 26.0. The second-order valence-corrected chi connectivity index (χ2v) is 15.8. The number of para-hydroxylation sites is 2. The molecule has 2 amide bonds. The molecular formula is C44H60N4O6. The predicted octanol–water partition coefficient (Wildman–Crippen LogP) is 10.4. The Labute approximate surface area is 321 Å². The molecule has 0 unspecified atom stereocenters. The van der Waals surface area contributed by atoms with Crippen LogP contribution in [0.5, 0.6) is 0 Å². The van der Waals surface area contributed by atoms with E-state index in [-0.39, 0.29) is 12.2 Å². The van der Waals surface area contributed by atoms with Gasteiger partial charge in [-0.05, 0) is 91.5 Å². The van der Waals surface area contributed by atoms with Crippen molar-refractivity contribution in [2.75, 3.05) is 27.3 Å². The molecule has 4 aromatic rings. The Bertz CT molecular complexity index is 1850. The largest absolute Gasteiger partial charge is 0.444 e. The number of allylic oxidation sites excluding steroid dienone is 2. The summed E-state index contributed by atoms with van der Waals surface area (Å²) in [4.78, 5) is 30.8. The first kappa shape index (κ1) is 41.9. The summed E-state index contributed by atoms with van der Waals surface area (Å²) in [5.74, 6) is 0. The Morgan fingerprint density at radius 3 is 1.31 bits per heavy atom. The SMILES string of the molecule is C=C(C)c1c(CN(CC/C=C\CCN(Cc2c(C(=C)C)n(COC)c3ccccc23)C(=O)OC(C)(C)C)C(=O)OC(C)(C)C)c2ccccc2n1COC. The van der Waals surface area contributed by atoms with Gasteiger partial charge in [-0.3, -0.25) is 0 Å². The highest BCUT2D eigenvalue weighted by Gasteiger charge is 2.27. The highest BCUT2D eigenvalue weighted by molar-refractivity contribution is 5.91. The molecule has 2 aromatic carbocycles. The van der Waals surface area contributed by atoms with Crippen molar-refractivity contribution in [2.24, 2.45) is 0 Å². The fourth-order valence-electron chi connectivity index (χ4n) is 6.77. The smallest absolute Gasteiger partial charge is 0.410 e. The number of methoxy groups -OCH3 is 2. The molecule has 2 aromatic heterocycles. The predicted molar refractivity (Wildman–Crippen MR) is 219 cm³/mol. The third kappa shape index (κ3) is 10.4. The molecule has 0 radical (unpaired) electrons. The Morgan fingerprint density at radius 2 is 1.00 bits per heavy atom. The lowest BCUT2D eigenvalue weighted by atomic mass is 10.1. The first-order chi connectivity index (χ1) is 25.5. The van der Waals surface area contributed by atoms with Gasteiger partial charge in [0.1, 0.15) is 24.7 Å². The van der Waals surface area contributed by atoms with Crippen LogP contribution in [0.4, 0.5) is 9.59 Å². The van der Waals surface area contributed by atoms with Crippen LogP contribution in [0.2, 0.25) is 0 Å². The third-order valence-electron chi connectivity index (χ3n) is 8.78. The van der Waals surface area contributed by atoms with Crippen molar-refractivity contribution < 1.29 is 28.5 Å². The molecule has 0 saturated heterocycles. The second-order valence-electron chi connectivity index (χ2n) is 15.8. The molecule has 10 nitrogen and oxygen atoms in total. The zero-order chi connectivity index (χ0) is 39.8. The van der Waals surface area contributed by atoms with Gasteiger partial charge in [0, 0.05) is 49.2 Å². The van der Waals surface area contributed by atoms with Gasteiger partial charge in [0.15, 0.2) is 0 Å². The van der Waals surface area contributed by atoms with Crippen molar-refractivity contribution >= 4 is 45.1 Å². The fraction of sp³-hybridized carbons (Fsp3) is 0.455. The van der Waals surface area contributed by atoms with Gasteiger partial charge in [0.25, 0.3) is 0 Å². The van der Waals surface area contributed by atoms with Crippen molar-refractivity contribution in [3.05, 3.63) is 96.4 Å². The van der Waals surface area contributed by atoms with Gasteiger partial charge >= 0.3 is 12.2 Å². The van der Waals surface area contributed by atoms with Crippen LogP contribution >= 0.6 is 0 Å². The van der Waals surface area contributed by atoms with Crippen LogP contribution in [0.1, 0.15) is 90.7 Å². The van der Waals surface area contributed by atoms with Crippen molar-refractivity contribution in [1.29, 1.82) is 0 Å². The molecule has 2 heterocycles. The van der Waals surface area contributed by atoms with Gasteiger partial charge in [0.2, 0.25) is 0 Å². The molecule has 0 N–H and O–H groups in total. The summed E-state index contributed by atoms with van der Waals surface area (Å²) in [5, 5.41) is 2.08. The number of rotatable bonds is 16.